The average molecular weight is 229 g/mol. The summed E-state index contributed by atoms with van der Waals surface area (Å²) in [7, 11) is 0. The summed E-state index contributed by atoms with van der Waals surface area (Å²) in [5, 5.41) is 19.8. The van der Waals surface area contributed by atoms with E-state index in [1.54, 1.807) is 6.07 Å². The Balaban J connectivity index is 2.20. The van der Waals surface area contributed by atoms with Gasteiger partial charge in [0, 0.05) is 5.56 Å². The van der Waals surface area contributed by atoms with Crippen LogP contribution in [0.5, 0.6) is 17.2 Å². The third-order valence-electron chi connectivity index (χ3n) is 2.80. The molecule has 0 amide bonds. The zero-order valence-corrected chi connectivity index (χ0v) is 8.54. The van der Waals surface area contributed by atoms with E-state index in [-0.39, 0.29) is 17.6 Å². The molecule has 4 nitrogen and oxygen atoms in total. The molecule has 1 aliphatic carbocycles. The Morgan fingerprint density at radius 2 is 2.07 bits per heavy atom. The van der Waals surface area contributed by atoms with Crippen LogP contribution >= 0.6 is 11.6 Å². The molecule has 1 aromatic rings. The number of fused-ring (bicyclic) bond motifs is 1. The molecule has 80 valence electrons. The van der Waals surface area contributed by atoms with Crippen LogP contribution in [0.3, 0.4) is 0 Å². The van der Waals surface area contributed by atoms with Crippen molar-refractivity contribution < 1.29 is 19.7 Å². The monoisotopic (exact) mass is 228 g/mol. The van der Waals surface area contributed by atoms with Gasteiger partial charge in [-0.1, -0.05) is 11.6 Å². The molecule has 0 saturated heterocycles. The maximum absolute atomic E-state index is 9.92. The molecule has 0 aromatic heterocycles. The number of ether oxygens (including phenoxy) is 2. The number of hydrogen-bond acceptors (Lipinski definition) is 4. The molecule has 1 aromatic carbocycles. The molecule has 1 fully saturated rings. The minimum absolute atomic E-state index is 0.0936. The Morgan fingerprint density at radius 1 is 1.33 bits per heavy atom. The minimum Gasteiger partial charge on any atom is -0.506 e. The molecule has 1 saturated carbocycles. The lowest BCUT2D eigenvalue weighted by Gasteiger charge is -2.12. The maximum atomic E-state index is 9.92. The summed E-state index contributed by atoms with van der Waals surface area (Å²) < 4.78 is 10.3. The van der Waals surface area contributed by atoms with E-state index >= 15 is 0 Å². The van der Waals surface area contributed by atoms with E-state index in [0.717, 1.165) is 0 Å². The number of aromatic hydroxyl groups is 1. The van der Waals surface area contributed by atoms with Crippen molar-refractivity contribution in [1.29, 1.82) is 0 Å². The molecule has 0 unspecified atom stereocenters. The second kappa shape index (κ2) is 2.71. The van der Waals surface area contributed by atoms with Crippen LogP contribution in [0.2, 0.25) is 5.02 Å². The third kappa shape index (κ3) is 1.18. The Morgan fingerprint density at radius 3 is 2.73 bits per heavy atom. The highest BCUT2D eigenvalue weighted by atomic mass is 35.5. The quantitative estimate of drug-likeness (QED) is 0.769. The largest absolute Gasteiger partial charge is 0.506 e. The van der Waals surface area contributed by atoms with Crippen molar-refractivity contribution in [2.24, 2.45) is 0 Å². The van der Waals surface area contributed by atoms with Gasteiger partial charge in [0.1, 0.15) is 10.8 Å². The van der Waals surface area contributed by atoms with Gasteiger partial charge in [-0.25, -0.2) is 0 Å². The van der Waals surface area contributed by atoms with Crippen molar-refractivity contribution in [2.75, 3.05) is 6.79 Å². The molecule has 2 N–H and O–H groups in total. The van der Waals surface area contributed by atoms with Crippen molar-refractivity contribution in [2.45, 2.75) is 18.4 Å². The van der Waals surface area contributed by atoms with E-state index in [0.29, 0.717) is 29.9 Å². The van der Waals surface area contributed by atoms with E-state index in [1.807, 2.05) is 0 Å². The molecule has 2 aliphatic rings. The fourth-order valence-corrected chi connectivity index (χ4v) is 1.98. The Kier molecular flexibility index (Phi) is 1.65. The van der Waals surface area contributed by atoms with E-state index in [2.05, 4.69) is 0 Å². The summed E-state index contributed by atoms with van der Waals surface area (Å²) in [5.74, 6) is 0.719. The lowest BCUT2D eigenvalue weighted by Crippen LogP contribution is -2.04. The predicted molar refractivity (Wildman–Crippen MR) is 52.4 cm³/mol. The van der Waals surface area contributed by atoms with Crippen LogP contribution in [0, 0.1) is 0 Å². The van der Waals surface area contributed by atoms with Crippen molar-refractivity contribution in [3.05, 3.63) is 16.7 Å². The molecule has 3 rings (SSSR count). The van der Waals surface area contributed by atoms with Crippen LogP contribution in [0.15, 0.2) is 6.07 Å². The highest BCUT2D eigenvalue weighted by Crippen LogP contribution is 2.55. The van der Waals surface area contributed by atoms with Gasteiger partial charge in [-0.15, -0.1) is 0 Å². The van der Waals surface area contributed by atoms with Crippen LogP contribution in [0.4, 0.5) is 0 Å². The van der Waals surface area contributed by atoms with Crippen LogP contribution in [-0.4, -0.2) is 17.0 Å². The zero-order valence-electron chi connectivity index (χ0n) is 7.79. The van der Waals surface area contributed by atoms with Gasteiger partial charge >= 0.3 is 0 Å². The van der Waals surface area contributed by atoms with Crippen LogP contribution in [0.1, 0.15) is 18.4 Å². The summed E-state index contributed by atoms with van der Waals surface area (Å²) in [6, 6.07) is 1.59. The molecule has 1 heterocycles. The first kappa shape index (κ1) is 9.12. The summed E-state index contributed by atoms with van der Waals surface area (Å²) in [5.41, 5.74) is -0.508. The number of aliphatic hydroxyl groups is 1. The van der Waals surface area contributed by atoms with Crippen LogP contribution < -0.4 is 9.47 Å². The number of phenols is 1. The smallest absolute Gasteiger partial charge is 0.231 e. The molecule has 5 heteroatoms. The SMILES string of the molecule is Oc1c(C2(O)CC2)cc2c(c1Cl)OCO2. The maximum Gasteiger partial charge on any atom is 0.231 e. The number of hydrogen-bond donors (Lipinski definition) is 2. The third-order valence-corrected chi connectivity index (χ3v) is 3.15. The first-order valence-electron chi connectivity index (χ1n) is 4.66. The number of halogens is 1. The van der Waals surface area contributed by atoms with E-state index in [9.17, 15) is 10.2 Å². The van der Waals surface area contributed by atoms with Gasteiger partial charge < -0.3 is 19.7 Å². The lowest BCUT2D eigenvalue weighted by molar-refractivity contribution is 0.147. The number of rotatable bonds is 1. The molecule has 0 spiro atoms. The highest BCUT2D eigenvalue weighted by molar-refractivity contribution is 6.34. The number of benzene rings is 1. The summed E-state index contributed by atoms with van der Waals surface area (Å²) in [6.07, 6.45) is 1.27. The van der Waals surface area contributed by atoms with E-state index < -0.39 is 5.60 Å². The topological polar surface area (TPSA) is 58.9 Å². The molecular formula is C10H9ClO4. The first-order valence-corrected chi connectivity index (χ1v) is 5.03. The van der Waals surface area contributed by atoms with Crippen LogP contribution in [-0.2, 0) is 5.60 Å². The fourth-order valence-electron chi connectivity index (χ4n) is 1.73. The van der Waals surface area contributed by atoms with Gasteiger partial charge in [-0.3, -0.25) is 0 Å². The van der Waals surface area contributed by atoms with E-state index in [1.165, 1.54) is 0 Å². The highest BCUT2D eigenvalue weighted by Gasteiger charge is 2.45. The second-order valence-corrected chi connectivity index (χ2v) is 4.23. The summed E-state index contributed by atoms with van der Waals surface area (Å²) >= 11 is 5.91. The van der Waals surface area contributed by atoms with E-state index in [4.69, 9.17) is 21.1 Å². The van der Waals surface area contributed by atoms with Gasteiger partial charge in [0.05, 0.1) is 5.60 Å². The Hall–Kier alpha value is -1.13. The molecule has 0 atom stereocenters. The second-order valence-electron chi connectivity index (χ2n) is 3.85. The molecule has 0 radical (unpaired) electrons. The summed E-state index contributed by atoms with van der Waals surface area (Å²) in [6.45, 7) is 0.0936. The van der Waals surface area contributed by atoms with Crippen molar-refractivity contribution in [1.82, 2.24) is 0 Å². The Labute approximate surface area is 91.0 Å². The van der Waals surface area contributed by atoms with Gasteiger partial charge in [-0.05, 0) is 18.9 Å². The van der Waals surface area contributed by atoms with Gasteiger partial charge in [0.2, 0.25) is 6.79 Å². The fraction of sp³-hybridized carbons (Fsp3) is 0.400. The average Bonchev–Trinajstić information content (AvgIpc) is 2.80. The van der Waals surface area contributed by atoms with Gasteiger partial charge in [-0.2, -0.15) is 0 Å². The lowest BCUT2D eigenvalue weighted by atomic mass is 10.1. The van der Waals surface area contributed by atoms with Crippen LogP contribution in [0.25, 0.3) is 0 Å². The standard InChI is InChI=1S/C10H9ClO4/c11-7-8(12)5(10(13)1-2-10)3-6-9(7)15-4-14-6/h3,12-13H,1-2,4H2. The van der Waals surface area contributed by atoms with Crippen molar-refractivity contribution in [3.63, 3.8) is 0 Å². The van der Waals surface area contributed by atoms with Gasteiger partial charge in [0.15, 0.2) is 11.5 Å². The molecule has 15 heavy (non-hydrogen) atoms. The minimum atomic E-state index is -0.936. The predicted octanol–water partition coefficient (Wildman–Crippen LogP) is 1.76. The first-order chi connectivity index (χ1) is 7.12. The van der Waals surface area contributed by atoms with Gasteiger partial charge in [0.25, 0.3) is 0 Å². The molecule has 1 aliphatic heterocycles. The van der Waals surface area contributed by atoms with Crippen molar-refractivity contribution >= 4 is 11.6 Å². The molecule has 0 bridgehead atoms. The number of phenolic OH excluding ortho intramolecular Hbond substituents is 1. The van der Waals surface area contributed by atoms with Crippen molar-refractivity contribution in [3.8, 4) is 17.2 Å². The Bertz CT molecular complexity index is 440. The molecular weight excluding hydrogens is 220 g/mol. The zero-order chi connectivity index (χ0) is 10.6. The normalized spacial score (nSPS) is 20.4. The summed E-state index contributed by atoms with van der Waals surface area (Å²) in [4.78, 5) is 0.